The third-order valence-electron chi connectivity index (χ3n) is 4.66. The summed E-state index contributed by atoms with van der Waals surface area (Å²) in [5.41, 5.74) is 0.395. The summed E-state index contributed by atoms with van der Waals surface area (Å²) in [5, 5.41) is 14.7. The second kappa shape index (κ2) is 9.33. The number of hydrogen-bond donors (Lipinski definition) is 1. The lowest BCUT2D eigenvalue weighted by Gasteiger charge is -2.12. The molecule has 8 nitrogen and oxygen atoms in total. The molecule has 0 spiro atoms. The zero-order valence-electron chi connectivity index (χ0n) is 17.0. The van der Waals surface area contributed by atoms with E-state index in [0.29, 0.717) is 21.1 Å². The Kier molecular flexibility index (Phi) is 6.33. The minimum atomic E-state index is -0.548. The van der Waals surface area contributed by atoms with E-state index in [1.807, 2.05) is 31.2 Å². The van der Waals surface area contributed by atoms with Crippen molar-refractivity contribution in [3.8, 4) is 5.69 Å². The Morgan fingerprint density at radius 2 is 1.91 bits per heavy atom. The number of rotatable bonds is 7. The van der Waals surface area contributed by atoms with Crippen LogP contribution < -0.4 is 10.9 Å². The molecule has 4 rings (SSSR count). The highest BCUT2D eigenvalue weighted by atomic mass is 32.2. The predicted octanol–water partition coefficient (Wildman–Crippen LogP) is 4.65. The second-order valence-electron chi connectivity index (χ2n) is 6.77. The number of anilines is 1. The molecule has 162 valence electrons. The van der Waals surface area contributed by atoms with E-state index in [1.165, 1.54) is 34.1 Å². The van der Waals surface area contributed by atoms with Crippen molar-refractivity contribution in [2.45, 2.75) is 18.5 Å². The first-order valence-corrected chi connectivity index (χ1v) is 11.5. The monoisotopic (exact) mass is 466 g/mol. The molecule has 1 N–H and O–H groups in total. The minimum Gasteiger partial charge on any atom is -0.320 e. The summed E-state index contributed by atoms with van der Waals surface area (Å²) in [7, 11) is 0. The van der Waals surface area contributed by atoms with Crippen molar-refractivity contribution in [2.24, 2.45) is 0 Å². The van der Waals surface area contributed by atoms with Gasteiger partial charge in [0.2, 0.25) is 5.91 Å². The average Bonchev–Trinajstić information content (AvgIpc) is 3.22. The fraction of sp³-hybridized carbons (Fsp3) is 0.136. The van der Waals surface area contributed by atoms with Gasteiger partial charge in [-0.25, -0.2) is 4.98 Å². The molecular weight excluding hydrogens is 448 g/mol. The van der Waals surface area contributed by atoms with Crippen molar-refractivity contribution < 1.29 is 9.72 Å². The Hall–Kier alpha value is -3.50. The maximum absolute atomic E-state index is 13.3. The molecule has 0 radical (unpaired) electrons. The first-order valence-electron chi connectivity index (χ1n) is 9.75. The van der Waals surface area contributed by atoms with E-state index in [2.05, 4.69) is 10.3 Å². The summed E-state index contributed by atoms with van der Waals surface area (Å²) in [5.74, 6) is -0.498. The molecular formula is C22H18N4O4S2. The number of fused-ring (bicyclic) bond motifs is 1. The van der Waals surface area contributed by atoms with Crippen molar-refractivity contribution in [2.75, 3.05) is 11.1 Å². The van der Waals surface area contributed by atoms with Crippen LogP contribution in [0.15, 0.2) is 70.6 Å². The van der Waals surface area contributed by atoms with E-state index in [0.717, 1.165) is 23.1 Å². The van der Waals surface area contributed by atoms with Gasteiger partial charge < -0.3 is 5.32 Å². The standard InChI is InChI=1S/C22H18N4O4S2/c1-2-15-12-16-20(32-15)24-22(25(21(16)28)14-8-4-3-5-9-14)31-13-19(27)23-17-10-6-7-11-18(17)26(29)30/h3-12H,2,13H2,1H3,(H,23,27). The van der Waals surface area contributed by atoms with Gasteiger partial charge in [-0.2, -0.15) is 0 Å². The molecule has 0 atom stereocenters. The van der Waals surface area contributed by atoms with E-state index in [9.17, 15) is 19.7 Å². The smallest absolute Gasteiger partial charge is 0.292 e. The van der Waals surface area contributed by atoms with E-state index in [1.54, 1.807) is 18.2 Å². The molecule has 0 aliphatic carbocycles. The van der Waals surface area contributed by atoms with Crippen molar-refractivity contribution in [1.29, 1.82) is 0 Å². The molecule has 10 heteroatoms. The fourth-order valence-electron chi connectivity index (χ4n) is 3.14. The number of carbonyl (C=O) groups is 1. The molecule has 0 saturated carbocycles. The number of hydrogen-bond acceptors (Lipinski definition) is 7. The van der Waals surface area contributed by atoms with Gasteiger partial charge >= 0.3 is 0 Å². The van der Waals surface area contributed by atoms with Crippen molar-refractivity contribution >= 4 is 50.6 Å². The molecule has 0 unspecified atom stereocenters. The van der Waals surface area contributed by atoms with Crippen LogP contribution in [0.25, 0.3) is 15.9 Å². The molecule has 0 bridgehead atoms. The van der Waals surface area contributed by atoms with Crippen LogP contribution >= 0.6 is 23.1 Å². The summed E-state index contributed by atoms with van der Waals surface area (Å²) in [6, 6.07) is 16.9. The number of aromatic nitrogens is 2. The Morgan fingerprint density at radius 3 is 2.62 bits per heavy atom. The number of benzene rings is 2. The number of nitro groups is 1. The number of aryl methyl sites for hydroxylation is 1. The molecule has 2 aromatic heterocycles. The lowest BCUT2D eigenvalue weighted by Crippen LogP contribution is -2.22. The van der Waals surface area contributed by atoms with Crippen molar-refractivity contribution in [3.05, 3.63) is 86.0 Å². The molecule has 32 heavy (non-hydrogen) atoms. The van der Waals surface area contributed by atoms with Gasteiger partial charge in [0.25, 0.3) is 11.2 Å². The Balaban J connectivity index is 1.66. The van der Waals surface area contributed by atoms with Crippen LogP contribution in [0.4, 0.5) is 11.4 Å². The van der Waals surface area contributed by atoms with E-state index in [-0.39, 0.29) is 22.7 Å². The van der Waals surface area contributed by atoms with Crippen LogP contribution in [-0.4, -0.2) is 26.1 Å². The topological polar surface area (TPSA) is 107 Å². The molecule has 0 saturated heterocycles. The molecule has 0 aliphatic rings. The summed E-state index contributed by atoms with van der Waals surface area (Å²) in [6.07, 6.45) is 0.798. The van der Waals surface area contributed by atoms with Crippen LogP contribution in [0.5, 0.6) is 0 Å². The average molecular weight is 467 g/mol. The zero-order valence-corrected chi connectivity index (χ0v) is 18.6. The predicted molar refractivity (Wildman–Crippen MR) is 127 cm³/mol. The normalized spacial score (nSPS) is 10.9. The number of para-hydroxylation sites is 3. The molecule has 4 aromatic rings. The van der Waals surface area contributed by atoms with Gasteiger partial charge in [-0.3, -0.25) is 24.3 Å². The number of thiophene rings is 1. The summed E-state index contributed by atoms with van der Waals surface area (Å²) in [6.45, 7) is 2.02. The number of thioether (sulfide) groups is 1. The van der Waals surface area contributed by atoms with Gasteiger partial charge in [0.15, 0.2) is 5.16 Å². The lowest BCUT2D eigenvalue weighted by molar-refractivity contribution is -0.383. The highest BCUT2D eigenvalue weighted by molar-refractivity contribution is 7.99. The number of carbonyl (C=O) groups excluding carboxylic acids is 1. The van der Waals surface area contributed by atoms with Crippen molar-refractivity contribution in [3.63, 3.8) is 0 Å². The number of nitro benzene ring substituents is 1. The summed E-state index contributed by atoms with van der Waals surface area (Å²) >= 11 is 2.56. The van der Waals surface area contributed by atoms with Crippen LogP contribution in [0.2, 0.25) is 0 Å². The highest BCUT2D eigenvalue weighted by Gasteiger charge is 2.18. The van der Waals surface area contributed by atoms with Gasteiger partial charge in [0.1, 0.15) is 10.5 Å². The maximum Gasteiger partial charge on any atom is 0.292 e. The molecule has 2 heterocycles. The molecule has 0 aliphatic heterocycles. The first kappa shape index (κ1) is 21.7. The zero-order chi connectivity index (χ0) is 22.7. The molecule has 1 amide bonds. The van der Waals surface area contributed by atoms with E-state index >= 15 is 0 Å². The Labute approximate surface area is 191 Å². The van der Waals surface area contributed by atoms with Gasteiger partial charge in [-0.15, -0.1) is 11.3 Å². The van der Waals surface area contributed by atoms with Crippen molar-refractivity contribution in [1.82, 2.24) is 9.55 Å². The van der Waals surface area contributed by atoms with Crippen LogP contribution in [0, 0.1) is 10.1 Å². The van der Waals surface area contributed by atoms with Gasteiger partial charge in [-0.1, -0.05) is 49.0 Å². The van der Waals surface area contributed by atoms with Gasteiger partial charge in [0, 0.05) is 10.9 Å². The third kappa shape index (κ3) is 4.41. The first-order chi connectivity index (χ1) is 15.5. The Bertz CT molecular complexity index is 1370. The molecule has 2 aromatic carbocycles. The quantitative estimate of drug-likeness (QED) is 0.184. The van der Waals surface area contributed by atoms with E-state index < -0.39 is 10.8 Å². The van der Waals surface area contributed by atoms with Crippen LogP contribution in [0.1, 0.15) is 11.8 Å². The summed E-state index contributed by atoms with van der Waals surface area (Å²) < 4.78 is 1.50. The van der Waals surface area contributed by atoms with Gasteiger partial charge in [0.05, 0.1) is 21.7 Å². The highest BCUT2D eigenvalue weighted by Crippen LogP contribution is 2.28. The maximum atomic E-state index is 13.3. The lowest BCUT2D eigenvalue weighted by atomic mass is 10.2. The fourth-order valence-corrected chi connectivity index (χ4v) is 4.96. The summed E-state index contributed by atoms with van der Waals surface area (Å²) in [4.78, 5) is 42.8. The van der Waals surface area contributed by atoms with Crippen LogP contribution in [-0.2, 0) is 11.2 Å². The van der Waals surface area contributed by atoms with Crippen LogP contribution in [0.3, 0.4) is 0 Å². The SMILES string of the molecule is CCc1cc2c(=O)n(-c3ccccc3)c(SCC(=O)Nc3ccccc3[N+](=O)[O-])nc2s1. The number of nitrogens with zero attached hydrogens (tertiary/aromatic N) is 3. The van der Waals surface area contributed by atoms with E-state index in [4.69, 9.17) is 0 Å². The molecule has 0 fully saturated rings. The second-order valence-corrected chi connectivity index (χ2v) is 8.82. The number of amides is 1. The third-order valence-corrected chi connectivity index (χ3v) is 6.77. The van der Waals surface area contributed by atoms with Gasteiger partial charge in [-0.05, 0) is 30.7 Å². The number of nitrogens with one attached hydrogen (secondary N) is 1. The Morgan fingerprint density at radius 1 is 1.19 bits per heavy atom. The minimum absolute atomic E-state index is 0.0666. The largest absolute Gasteiger partial charge is 0.320 e.